The highest BCUT2D eigenvalue weighted by molar-refractivity contribution is 7.71. The van der Waals surface area contributed by atoms with E-state index in [1.165, 1.54) is 0 Å². The Hall–Kier alpha value is -1.91. The molecule has 3 rings (SSSR count). The third-order valence-electron chi connectivity index (χ3n) is 3.08. The smallest absolute Gasteiger partial charge is 0.195 e. The Kier molecular flexibility index (Phi) is 3.67. The first kappa shape index (κ1) is 13.1. The predicted molar refractivity (Wildman–Crippen MR) is 83.4 cm³/mol. The lowest BCUT2D eigenvalue weighted by Crippen LogP contribution is -2.03. The lowest BCUT2D eigenvalue weighted by Gasteiger charge is -2.08. The maximum atomic E-state index is 6.21. The Morgan fingerprint density at radius 3 is 2.50 bits per heavy atom. The minimum absolute atomic E-state index is 0.587. The van der Waals surface area contributed by atoms with Gasteiger partial charge in [0.25, 0.3) is 0 Å². The van der Waals surface area contributed by atoms with Gasteiger partial charge in [0.15, 0.2) is 10.6 Å². The van der Waals surface area contributed by atoms with E-state index in [0.29, 0.717) is 11.3 Å². The van der Waals surface area contributed by atoms with Gasteiger partial charge in [0.05, 0.1) is 6.54 Å². The quantitative estimate of drug-likeness (QED) is 0.731. The maximum absolute atomic E-state index is 6.21. The molecule has 0 aliphatic heterocycles. The number of aromatic nitrogens is 3. The van der Waals surface area contributed by atoms with Crippen LogP contribution in [-0.4, -0.2) is 14.8 Å². The van der Waals surface area contributed by atoms with E-state index in [0.717, 1.165) is 22.0 Å². The van der Waals surface area contributed by atoms with E-state index in [1.807, 2.05) is 59.2 Å². The zero-order valence-electron chi connectivity index (χ0n) is 10.6. The highest BCUT2D eigenvalue weighted by atomic mass is 35.5. The van der Waals surface area contributed by atoms with Crippen LogP contribution in [-0.2, 0) is 6.54 Å². The molecule has 1 aromatic heterocycles. The van der Waals surface area contributed by atoms with Gasteiger partial charge in [0.1, 0.15) is 0 Å². The fourth-order valence-corrected chi connectivity index (χ4v) is 2.46. The van der Waals surface area contributed by atoms with Crippen molar-refractivity contribution in [3.05, 3.63) is 70.0 Å². The van der Waals surface area contributed by atoms with Crippen molar-refractivity contribution in [2.24, 2.45) is 0 Å². The molecule has 0 spiro atoms. The number of aromatic amines is 1. The zero-order chi connectivity index (χ0) is 13.9. The lowest BCUT2D eigenvalue weighted by molar-refractivity contribution is 0.790. The number of nitrogens with one attached hydrogen (secondary N) is 1. The van der Waals surface area contributed by atoms with Crippen LogP contribution < -0.4 is 0 Å². The summed E-state index contributed by atoms with van der Waals surface area (Å²) in [6.45, 7) is 0.596. The summed E-state index contributed by atoms with van der Waals surface area (Å²) in [5.41, 5.74) is 2.04. The molecule has 0 atom stereocenters. The van der Waals surface area contributed by atoms with Crippen LogP contribution in [0.15, 0.2) is 54.6 Å². The zero-order valence-corrected chi connectivity index (χ0v) is 12.2. The van der Waals surface area contributed by atoms with Gasteiger partial charge in [-0.1, -0.05) is 60.1 Å². The number of benzene rings is 2. The van der Waals surface area contributed by atoms with Crippen molar-refractivity contribution in [3.63, 3.8) is 0 Å². The van der Waals surface area contributed by atoms with Gasteiger partial charge in [-0.15, -0.1) is 0 Å². The van der Waals surface area contributed by atoms with Crippen molar-refractivity contribution in [2.75, 3.05) is 0 Å². The highest BCUT2D eigenvalue weighted by Gasteiger charge is 2.10. The van der Waals surface area contributed by atoms with Crippen LogP contribution in [0.3, 0.4) is 0 Å². The summed E-state index contributed by atoms with van der Waals surface area (Å²) in [7, 11) is 0. The first-order valence-corrected chi connectivity index (χ1v) is 6.98. The standard InChI is InChI=1S/C15H12ClN3S/c16-13-9-5-4-8-12(13)10-19-14(17-18-15(19)20)11-6-2-1-3-7-11/h1-9H,10H2,(H,18,20). The normalized spacial score (nSPS) is 10.7. The van der Waals surface area contributed by atoms with Crippen molar-refractivity contribution >= 4 is 23.8 Å². The van der Waals surface area contributed by atoms with Crippen molar-refractivity contribution in [1.29, 1.82) is 0 Å². The molecule has 0 amide bonds. The van der Waals surface area contributed by atoms with Gasteiger partial charge in [-0.25, -0.2) is 0 Å². The maximum Gasteiger partial charge on any atom is 0.195 e. The Morgan fingerprint density at radius 1 is 1.05 bits per heavy atom. The highest BCUT2D eigenvalue weighted by Crippen LogP contribution is 2.21. The summed E-state index contributed by atoms with van der Waals surface area (Å²) >= 11 is 11.5. The number of halogens is 1. The molecule has 0 fully saturated rings. The number of nitrogens with zero attached hydrogens (tertiary/aromatic N) is 2. The summed E-state index contributed by atoms with van der Waals surface area (Å²) in [6, 6.07) is 17.7. The average Bonchev–Trinajstić information content (AvgIpc) is 2.84. The molecule has 20 heavy (non-hydrogen) atoms. The van der Waals surface area contributed by atoms with Crippen molar-refractivity contribution in [3.8, 4) is 11.4 Å². The van der Waals surface area contributed by atoms with E-state index < -0.39 is 0 Å². The number of H-pyrrole nitrogens is 1. The topological polar surface area (TPSA) is 33.6 Å². The Morgan fingerprint density at radius 2 is 1.75 bits per heavy atom. The molecule has 2 aromatic carbocycles. The second kappa shape index (κ2) is 5.61. The third-order valence-corrected chi connectivity index (χ3v) is 3.76. The molecule has 1 heterocycles. The Labute approximate surface area is 126 Å². The van der Waals surface area contributed by atoms with Crippen LogP contribution >= 0.6 is 23.8 Å². The van der Waals surface area contributed by atoms with E-state index >= 15 is 0 Å². The molecular formula is C15H12ClN3S. The molecule has 3 aromatic rings. The summed E-state index contributed by atoms with van der Waals surface area (Å²) in [4.78, 5) is 0. The molecule has 0 bridgehead atoms. The van der Waals surface area contributed by atoms with E-state index in [2.05, 4.69) is 10.2 Å². The van der Waals surface area contributed by atoms with Gasteiger partial charge in [0, 0.05) is 10.6 Å². The summed E-state index contributed by atoms with van der Waals surface area (Å²) in [5.74, 6) is 0.815. The molecule has 0 saturated heterocycles. The fraction of sp³-hybridized carbons (Fsp3) is 0.0667. The molecule has 5 heteroatoms. The van der Waals surface area contributed by atoms with Gasteiger partial charge >= 0.3 is 0 Å². The van der Waals surface area contributed by atoms with Crippen molar-refractivity contribution in [1.82, 2.24) is 14.8 Å². The van der Waals surface area contributed by atoms with Gasteiger partial charge in [-0.05, 0) is 23.8 Å². The van der Waals surface area contributed by atoms with Crippen LogP contribution in [0.2, 0.25) is 5.02 Å². The Bertz CT molecular complexity index is 777. The Balaban J connectivity index is 2.05. The van der Waals surface area contributed by atoms with E-state index in [-0.39, 0.29) is 0 Å². The molecule has 0 aliphatic rings. The van der Waals surface area contributed by atoms with Crippen LogP contribution in [0.25, 0.3) is 11.4 Å². The second-order valence-electron chi connectivity index (χ2n) is 4.40. The number of hydrogen-bond acceptors (Lipinski definition) is 2. The van der Waals surface area contributed by atoms with Gasteiger partial charge in [-0.3, -0.25) is 9.67 Å². The van der Waals surface area contributed by atoms with E-state index in [4.69, 9.17) is 23.8 Å². The number of hydrogen-bond donors (Lipinski definition) is 1. The fourth-order valence-electron chi connectivity index (χ4n) is 2.07. The molecule has 0 aliphatic carbocycles. The molecule has 100 valence electrons. The number of rotatable bonds is 3. The predicted octanol–water partition coefficient (Wildman–Crippen LogP) is 4.31. The molecule has 3 nitrogen and oxygen atoms in total. The van der Waals surface area contributed by atoms with E-state index in [1.54, 1.807) is 0 Å². The monoisotopic (exact) mass is 301 g/mol. The van der Waals surface area contributed by atoms with Crippen LogP contribution in [0.1, 0.15) is 5.56 Å². The summed E-state index contributed by atoms with van der Waals surface area (Å²) in [6.07, 6.45) is 0. The van der Waals surface area contributed by atoms with E-state index in [9.17, 15) is 0 Å². The molecular weight excluding hydrogens is 290 g/mol. The molecule has 0 unspecified atom stereocenters. The molecule has 1 N–H and O–H groups in total. The third kappa shape index (κ3) is 2.53. The van der Waals surface area contributed by atoms with Gasteiger partial charge in [-0.2, -0.15) is 5.10 Å². The van der Waals surface area contributed by atoms with Crippen molar-refractivity contribution < 1.29 is 0 Å². The lowest BCUT2D eigenvalue weighted by atomic mass is 10.2. The van der Waals surface area contributed by atoms with Crippen molar-refractivity contribution in [2.45, 2.75) is 6.54 Å². The van der Waals surface area contributed by atoms with Crippen LogP contribution in [0.5, 0.6) is 0 Å². The summed E-state index contributed by atoms with van der Waals surface area (Å²) in [5, 5.41) is 7.89. The van der Waals surface area contributed by atoms with Gasteiger partial charge in [0.2, 0.25) is 0 Å². The average molecular weight is 302 g/mol. The molecule has 0 saturated carbocycles. The second-order valence-corrected chi connectivity index (χ2v) is 5.19. The SMILES string of the molecule is S=c1[nH]nc(-c2ccccc2)n1Cc1ccccc1Cl. The first-order chi connectivity index (χ1) is 9.75. The summed E-state index contributed by atoms with van der Waals surface area (Å²) < 4.78 is 2.54. The molecule has 0 radical (unpaired) electrons. The van der Waals surface area contributed by atoms with Gasteiger partial charge < -0.3 is 0 Å². The van der Waals surface area contributed by atoms with Crippen LogP contribution in [0, 0.1) is 4.77 Å². The minimum Gasteiger partial charge on any atom is -0.296 e. The first-order valence-electron chi connectivity index (χ1n) is 6.20. The minimum atomic E-state index is 0.587. The largest absolute Gasteiger partial charge is 0.296 e. The van der Waals surface area contributed by atoms with Crippen LogP contribution in [0.4, 0.5) is 0 Å².